The minimum atomic E-state index is -0.524. The van der Waals surface area contributed by atoms with Crippen molar-refractivity contribution in [2.75, 3.05) is 25.0 Å². The molecule has 1 unspecified atom stereocenters. The summed E-state index contributed by atoms with van der Waals surface area (Å²) in [6.45, 7) is 3.30. The van der Waals surface area contributed by atoms with Gasteiger partial charge in [-0.15, -0.1) is 0 Å². The van der Waals surface area contributed by atoms with E-state index in [1.165, 1.54) is 0 Å². The Morgan fingerprint density at radius 2 is 1.57 bits per heavy atom. The number of anilines is 1. The topological polar surface area (TPSA) is 106 Å². The SMILES string of the molecule is CC[NH+](CC(=O)NCc1ccc(Cl)cc1)CC(=O)Nc1ccc(C(N)=O)cc1. The number of carbonyl (C=O) groups is 3. The van der Waals surface area contributed by atoms with Gasteiger partial charge in [0.15, 0.2) is 13.1 Å². The van der Waals surface area contributed by atoms with E-state index in [9.17, 15) is 14.4 Å². The van der Waals surface area contributed by atoms with Gasteiger partial charge >= 0.3 is 0 Å². The van der Waals surface area contributed by atoms with Gasteiger partial charge in [-0.3, -0.25) is 14.4 Å². The summed E-state index contributed by atoms with van der Waals surface area (Å²) in [7, 11) is 0. The second-order valence-corrected chi connectivity index (χ2v) is 6.79. The monoisotopic (exact) mass is 403 g/mol. The summed E-state index contributed by atoms with van der Waals surface area (Å²) in [6, 6.07) is 13.6. The first kappa shape index (κ1) is 21.4. The highest BCUT2D eigenvalue weighted by Crippen LogP contribution is 2.09. The lowest BCUT2D eigenvalue weighted by Gasteiger charge is -2.17. The van der Waals surface area contributed by atoms with Crippen molar-refractivity contribution in [2.45, 2.75) is 13.5 Å². The van der Waals surface area contributed by atoms with Crippen molar-refractivity contribution in [1.82, 2.24) is 5.32 Å². The summed E-state index contributed by atoms with van der Waals surface area (Å²) in [5.74, 6) is -0.872. The molecule has 0 fully saturated rings. The number of halogens is 1. The first-order valence-electron chi connectivity index (χ1n) is 8.91. The third kappa shape index (κ3) is 7.02. The Kier molecular flexibility index (Phi) is 7.98. The summed E-state index contributed by atoms with van der Waals surface area (Å²) >= 11 is 5.84. The molecule has 7 nitrogen and oxygen atoms in total. The van der Waals surface area contributed by atoms with Gasteiger partial charge in [-0.25, -0.2) is 0 Å². The summed E-state index contributed by atoms with van der Waals surface area (Å²) in [5, 5.41) is 6.24. The molecule has 8 heteroatoms. The fourth-order valence-electron chi connectivity index (χ4n) is 2.56. The number of carbonyl (C=O) groups excluding carboxylic acids is 3. The fourth-order valence-corrected chi connectivity index (χ4v) is 2.68. The predicted molar refractivity (Wildman–Crippen MR) is 108 cm³/mol. The van der Waals surface area contributed by atoms with Crippen LogP contribution in [0.1, 0.15) is 22.8 Å². The maximum absolute atomic E-state index is 12.2. The maximum atomic E-state index is 12.2. The zero-order chi connectivity index (χ0) is 20.5. The molecule has 5 N–H and O–H groups in total. The number of rotatable bonds is 9. The number of primary amides is 1. The number of benzene rings is 2. The van der Waals surface area contributed by atoms with Crippen molar-refractivity contribution in [1.29, 1.82) is 0 Å². The fraction of sp³-hybridized carbons (Fsp3) is 0.250. The minimum absolute atomic E-state index is 0.134. The number of nitrogens with two attached hydrogens (primary N) is 1. The normalized spacial score (nSPS) is 11.5. The van der Waals surface area contributed by atoms with Crippen molar-refractivity contribution in [3.63, 3.8) is 0 Å². The molecule has 2 aromatic carbocycles. The average molecular weight is 404 g/mol. The smallest absolute Gasteiger partial charge is 0.279 e. The maximum Gasteiger partial charge on any atom is 0.279 e. The van der Waals surface area contributed by atoms with Gasteiger partial charge < -0.3 is 21.3 Å². The molecule has 2 rings (SSSR count). The second kappa shape index (κ2) is 10.4. The molecule has 0 aliphatic heterocycles. The van der Waals surface area contributed by atoms with E-state index in [-0.39, 0.29) is 24.9 Å². The second-order valence-electron chi connectivity index (χ2n) is 6.35. The van der Waals surface area contributed by atoms with Crippen molar-refractivity contribution < 1.29 is 19.3 Å². The van der Waals surface area contributed by atoms with Gasteiger partial charge in [-0.05, 0) is 48.9 Å². The van der Waals surface area contributed by atoms with Gasteiger partial charge in [0.1, 0.15) is 0 Å². The van der Waals surface area contributed by atoms with Crippen LogP contribution >= 0.6 is 11.6 Å². The van der Waals surface area contributed by atoms with E-state index in [1.54, 1.807) is 36.4 Å². The highest BCUT2D eigenvalue weighted by molar-refractivity contribution is 6.30. The van der Waals surface area contributed by atoms with Crippen molar-refractivity contribution >= 4 is 35.0 Å². The van der Waals surface area contributed by atoms with E-state index in [1.807, 2.05) is 19.1 Å². The molecule has 0 aliphatic carbocycles. The van der Waals surface area contributed by atoms with E-state index in [2.05, 4.69) is 10.6 Å². The lowest BCUT2D eigenvalue weighted by Crippen LogP contribution is -3.13. The van der Waals surface area contributed by atoms with E-state index >= 15 is 0 Å². The van der Waals surface area contributed by atoms with E-state index in [0.29, 0.717) is 29.4 Å². The van der Waals surface area contributed by atoms with Crippen LogP contribution in [0.4, 0.5) is 5.69 Å². The molecule has 0 saturated heterocycles. The largest absolute Gasteiger partial charge is 0.366 e. The minimum Gasteiger partial charge on any atom is -0.366 e. The highest BCUT2D eigenvalue weighted by atomic mass is 35.5. The molecule has 0 radical (unpaired) electrons. The van der Waals surface area contributed by atoms with Gasteiger partial charge in [0.2, 0.25) is 5.91 Å². The number of amides is 3. The van der Waals surface area contributed by atoms with Gasteiger partial charge in [-0.1, -0.05) is 23.7 Å². The third-order valence-electron chi connectivity index (χ3n) is 4.18. The Morgan fingerprint density at radius 1 is 0.964 bits per heavy atom. The number of likely N-dealkylation sites (N-methyl/N-ethyl adjacent to an activating group) is 1. The predicted octanol–water partition coefficient (Wildman–Crippen LogP) is 0.599. The molecule has 1 atom stereocenters. The van der Waals surface area contributed by atoms with Crippen LogP contribution in [0.5, 0.6) is 0 Å². The van der Waals surface area contributed by atoms with E-state index < -0.39 is 5.91 Å². The van der Waals surface area contributed by atoms with Crippen LogP contribution in [0.3, 0.4) is 0 Å². The van der Waals surface area contributed by atoms with Crippen molar-refractivity contribution in [3.05, 3.63) is 64.7 Å². The van der Waals surface area contributed by atoms with E-state index in [4.69, 9.17) is 17.3 Å². The third-order valence-corrected chi connectivity index (χ3v) is 4.43. The molecule has 2 aromatic rings. The molecule has 0 aliphatic rings. The Bertz CT molecular complexity index is 822. The summed E-state index contributed by atoms with van der Waals surface area (Å²) in [5.41, 5.74) is 7.08. The van der Waals surface area contributed by atoms with Crippen molar-refractivity contribution in [2.24, 2.45) is 5.73 Å². The average Bonchev–Trinajstić information content (AvgIpc) is 2.67. The quantitative estimate of drug-likeness (QED) is 0.492. The van der Waals surface area contributed by atoms with Gasteiger partial charge in [0, 0.05) is 22.8 Å². The Labute approximate surface area is 168 Å². The first-order chi connectivity index (χ1) is 13.4. The molecule has 0 aromatic heterocycles. The Balaban J connectivity index is 1.80. The summed E-state index contributed by atoms with van der Waals surface area (Å²) < 4.78 is 0. The van der Waals surface area contributed by atoms with Crippen LogP contribution in [0.25, 0.3) is 0 Å². The van der Waals surface area contributed by atoms with Crippen LogP contribution in [0, 0.1) is 0 Å². The molecule has 0 heterocycles. The molecular formula is C20H24ClN4O3+. The Hall–Kier alpha value is -2.90. The summed E-state index contributed by atoms with van der Waals surface area (Å²) in [4.78, 5) is 36.3. The molecular weight excluding hydrogens is 380 g/mol. The highest BCUT2D eigenvalue weighted by Gasteiger charge is 2.16. The Morgan fingerprint density at radius 3 is 2.14 bits per heavy atom. The zero-order valence-corrected chi connectivity index (χ0v) is 16.4. The lowest BCUT2D eigenvalue weighted by atomic mass is 10.2. The molecule has 0 bridgehead atoms. The van der Waals surface area contributed by atoms with Crippen LogP contribution < -0.4 is 21.3 Å². The lowest BCUT2D eigenvalue weighted by molar-refractivity contribution is -0.881. The number of nitrogens with one attached hydrogen (secondary N) is 3. The molecule has 3 amide bonds. The standard InChI is InChI=1S/C20H23ClN4O3/c1-2-25(12-18(26)23-11-14-3-7-16(21)8-4-14)13-19(27)24-17-9-5-15(6-10-17)20(22)28/h3-10H,2,11-13H2,1H3,(H2,22,28)(H,23,26)(H,24,27)/p+1. The van der Waals surface area contributed by atoms with Crippen LogP contribution in [-0.4, -0.2) is 37.4 Å². The zero-order valence-electron chi connectivity index (χ0n) is 15.6. The number of quaternary nitrogens is 1. The van der Waals surface area contributed by atoms with Gasteiger partial charge in [-0.2, -0.15) is 0 Å². The van der Waals surface area contributed by atoms with Crippen LogP contribution in [0.2, 0.25) is 5.02 Å². The molecule has 148 valence electrons. The number of hydrogen-bond acceptors (Lipinski definition) is 3. The molecule has 0 saturated carbocycles. The van der Waals surface area contributed by atoms with Gasteiger partial charge in [0.25, 0.3) is 11.8 Å². The van der Waals surface area contributed by atoms with Crippen LogP contribution in [-0.2, 0) is 16.1 Å². The van der Waals surface area contributed by atoms with E-state index in [0.717, 1.165) is 10.5 Å². The molecule has 28 heavy (non-hydrogen) atoms. The van der Waals surface area contributed by atoms with Crippen molar-refractivity contribution in [3.8, 4) is 0 Å². The molecule has 0 spiro atoms. The first-order valence-corrected chi connectivity index (χ1v) is 9.29. The van der Waals surface area contributed by atoms with Gasteiger partial charge in [0.05, 0.1) is 6.54 Å². The number of hydrogen-bond donors (Lipinski definition) is 4. The van der Waals surface area contributed by atoms with Crippen LogP contribution in [0.15, 0.2) is 48.5 Å². The summed E-state index contributed by atoms with van der Waals surface area (Å²) in [6.07, 6.45) is 0.